The molecule has 4 aromatic rings. The highest BCUT2D eigenvalue weighted by molar-refractivity contribution is 9.10. The topological polar surface area (TPSA) is 74.9 Å². The fourth-order valence-corrected chi connectivity index (χ4v) is 5.13. The Morgan fingerprint density at radius 1 is 1.12 bits per heavy atom. The molecule has 0 N–H and O–H groups in total. The maximum atomic E-state index is 13.9. The van der Waals surface area contributed by atoms with Gasteiger partial charge in [-0.25, -0.2) is 4.98 Å². The normalized spacial score (nSPS) is 12.0. The highest BCUT2D eigenvalue weighted by Crippen LogP contribution is 2.43. The predicted molar refractivity (Wildman–Crippen MR) is 175 cm³/mol. The van der Waals surface area contributed by atoms with Crippen molar-refractivity contribution in [1.82, 2.24) is 9.66 Å². The second-order valence-electron chi connectivity index (χ2n) is 11.6. The molecule has 7 nitrogen and oxygen atoms in total. The van der Waals surface area contributed by atoms with Crippen molar-refractivity contribution in [3.63, 3.8) is 0 Å². The first-order valence-corrected chi connectivity index (χ1v) is 15.1. The van der Waals surface area contributed by atoms with Crippen LogP contribution in [0.5, 0.6) is 17.2 Å². The Bertz CT molecular complexity index is 1710. The number of aryl methyl sites for hydroxylation is 1. The minimum absolute atomic E-state index is 0.0743. The molecule has 4 rings (SSSR count). The van der Waals surface area contributed by atoms with Crippen LogP contribution in [0.2, 0.25) is 5.02 Å². The molecule has 0 aliphatic heterocycles. The van der Waals surface area contributed by atoms with Gasteiger partial charge in [-0.3, -0.25) is 4.79 Å². The number of methoxy groups -OCH3 is 1. The maximum absolute atomic E-state index is 13.9. The van der Waals surface area contributed by atoms with Crippen molar-refractivity contribution < 1.29 is 14.2 Å². The van der Waals surface area contributed by atoms with Gasteiger partial charge in [0.25, 0.3) is 5.56 Å². The number of para-hydroxylation sites is 1. The third kappa shape index (κ3) is 6.65. The lowest BCUT2D eigenvalue weighted by atomic mass is 9.96. The minimum Gasteiger partial charge on any atom is -0.496 e. The molecule has 0 fully saturated rings. The van der Waals surface area contributed by atoms with E-state index < -0.39 is 0 Å². The van der Waals surface area contributed by atoms with Crippen molar-refractivity contribution in [2.45, 2.75) is 54.4 Å². The van der Waals surface area contributed by atoms with E-state index in [1.807, 2.05) is 44.2 Å². The summed E-state index contributed by atoms with van der Waals surface area (Å²) in [4.78, 5) is 18.8. The summed E-state index contributed by atoms with van der Waals surface area (Å²) in [6.45, 7) is 15.2. The van der Waals surface area contributed by atoms with Crippen molar-refractivity contribution in [2.24, 2.45) is 10.5 Å². The zero-order valence-corrected chi connectivity index (χ0v) is 27.7. The molecule has 42 heavy (non-hydrogen) atoms. The number of nitrogens with zero attached hydrogens (tertiary/aromatic N) is 3. The second kappa shape index (κ2) is 12.9. The van der Waals surface area contributed by atoms with Crippen LogP contribution in [0.3, 0.4) is 0 Å². The molecule has 0 saturated heterocycles. The summed E-state index contributed by atoms with van der Waals surface area (Å²) in [5.74, 6) is 2.36. The summed E-state index contributed by atoms with van der Waals surface area (Å²) in [5.41, 5.74) is 3.56. The molecule has 0 aliphatic rings. The quantitative estimate of drug-likeness (QED) is 0.169. The lowest BCUT2D eigenvalue weighted by Crippen LogP contribution is -2.21. The van der Waals surface area contributed by atoms with Crippen LogP contribution in [0, 0.1) is 12.3 Å². The van der Waals surface area contributed by atoms with Gasteiger partial charge < -0.3 is 14.2 Å². The summed E-state index contributed by atoms with van der Waals surface area (Å²) in [5, 5.41) is 5.51. The number of aromatic nitrogens is 2. The largest absolute Gasteiger partial charge is 0.496 e. The van der Waals surface area contributed by atoms with Crippen molar-refractivity contribution in [1.29, 1.82) is 0 Å². The number of hydrogen-bond acceptors (Lipinski definition) is 6. The highest BCUT2D eigenvalue weighted by atomic mass is 79.9. The number of rotatable bonds is 9. The zero-order chi connectivity index (χ0) is 30.8. The second-order valence-corrected chi connectivity index (χ2v) is 12.8. The van der Waals surface area contributed by atoms with Gasteiger partial charge in [-0.2, -0.15) is 9.78 Å². The SMILES string of the molecule is CCOc1cc(C=Nn2c(-c3cc(C(C)C)c(OC)cc3C)nc3ccccc3c2=O)c(Br)c(Cl)c1OCC(C)(C)C. The molecule has 1 heterocycles. The lowest BCUT2D eigenvalue weighted by molar-refractivity contribution is 0.188. The average molecular weight is 655 g/mol. The number of fused-ring (bicyclic) bond motifs is 1. The Morgan fingerprint density at radius 2 is 1.83 bits per heavy atom. The van der Waals surface area contributed by atoms with E-state index in [2.05, 4.69) is 55.7 Å². The third-order valence-corrected chi connectivity index (χ3v) is 8.05. The Hall–Kier alpha value is -3.36. The molecule has 0 atom stereocenters. The van der Waals surface area contributed by atoms with Gasteiger partial charge in [0.2, 0.25) is 0 Å². The molecule has 0 radical (unpaired) electrons. The smallest absolute Gasteiger partial charge is 0.282 e. The molecule has 9 heteroatoms. The third-order valence-electron chi connectivity index (χ3n) is 6.61. The lowest BCUT2D eigenvalue weighted by Gasteiger charge is -2.22. The molecule has 0 aliphatic carbocycles. The first kappa shape index (κ1) is 31.6. The Morgan fingerprint density at radius 3 is 2.48 bits per heavy atom. The summed E-state index contributed by atoms with van der Waals surface area (Å²) in [7, 11) is 1.66. The van der Waals surface area contributed by atoms with Crippen LogP contribution >= 0.6 is 27.5 Å². The fourth-order valence-electron chi connectivity index (χ4n) is 4.48. The Balaban J connectivity index is 1.93. The van der Waals surface area contributed by atoms with Crippen molar-refractivity contribution in [3.05, 3.63) is 79.0 Å². The van der Waals surface area contributed by atoms with E-state index in [1.165, 1.54) is 4.68 Å². The molecule has 0 bridgehead atoms. The number of benzene rings is 3. The van der Waals surface area contributed by atoms with Gasteiger partial charge in [-0.05, 0) is 82.6 Å². The monoisotopic (exact) mass is 653 g/mol. The summed E-state index contributed by atoms with van der Waals surface area (Å²) in [6, 6.07) is 13.1. The number of hydrogen-bond donors (Lipinski definition) is 0. The van der Waals surface area contributed by atoms with Gasteiger partial charge in [0, 0.05) is 15.6 Å². The average Bonchev–Trinajstić information content (AvgIpc) is 2.93. The van der Waals surface area contributed by atoms with Crippen LogP contribution in [0.1, 0.15) is 64.2 Å². The predicted octanol–water partition coefficient (Wildman–Crippen LogP) is 8.63. The minimum atomic E-state index is -0.287. The fraction of sp³-hybridized carbons (Fsp3) is 0.364. The number of halogens is 2. The Kier molecular flexibility index (Phi) is 9.68. The van der Waals surface area contributed by atoms with E-state index in [1.54, 1.807) is 25.5 Å². The van der Waals surface area contributed by atoms with Crippen LogP contribution in [-0.2, 0) is 0 Å². The van der Waals surface area contributed by atoms with Crippen molar-refractivity contribution in [3.8, 4) is 28.6 Å². The molecule has 0 spiro atoms. The van der Waals surface area contributed by atoms with E-state index in [0.29, 0.717) is 56.5 Å². The van der Waals surface area contributed by atoms with Crippen LogP contribution in [0.15, 0.2) is 56.8 Å². The molecule has 0 unspecified atom stereocenters. The molecule has 222 valence electrons. The molecular formula is C33H37BrClN3O4. The van der Waals surface area contributed by atoms with E-state index in [9.17, 15) is 4.79 Å². The van der Waals surface area contributed by atoms with Crippen molar-refractivity contribution >= 4 is 44.6 Å². The van der Waals surface area contributed by atoms with Crippen LogP contribution in [-0.4, -0.2) is 36.2 Å². The Labute approximate surface area is 260 Å². The zero-order valence-electron chi connectivity index (χ0n) is 25.3. The highest BCUT2D eigenvalue weighted by Gasteiger charge is 2.21. The van der Waals surface area contributed by atoms with Crippen LogP contribution in [0.25, 0.3) is 22.3 Å². The first-order chi connectivity index (χ1) is 19.9. The standard InChI is InChI=1S/C33H37BrClN3O4/c1-9-41-27-15-21(28(34)29(35)30(27)42-18-33(5,6)7)17-36-38-31(37-25-13-11-10-12-22(25)32(38)39)24-16-23(19(2)3)26(40-8)14-20(24)4/h10-17,19H,9,18H2,1-8H3. The van der Waals surface area contributed by atoms with Crippen LogP contribution < -0.4 is 19.8 Å². The molecular weight excluding hydrogens is 618 g/mol. The molecule has 0 saturated carbocycles. The van der Waals surface area contributed by atoms with Gasteiger partial charge in [-0.15, -0.1) is 0 Å². The first-order valence-electron chi connectivity index (χ1n) is 13.9. The summed E-state index contributed by atoms with van der Waals surface area (Å²) in [6.07, 6.45) is 1.58. The van der Waals surface area contributed by atoms with Crippen LogP contribution in [0.4, 0.5) is 0 Å². The molecule has 0 amide bonds. The van der Waals surface area contributed by atoms with E-state index >= 15 is 0 Å². The summed E-state index contributed by atoms with van der Waals surface area (Å²) < 4.78 is 19.5. The van der Waals surface area contributed by atoms with Gasteiger partial charge in [0.05, 0.1) is 37.4 Å². The van der Waals surface area contributed by atoms with Gasteiger partial charge in [0.15, 0.2) is 17.3 Å². The molecule has 3 aromatic carbocycles. The van der Waals surface area contributed by atoms with Gasteiger partial charge >= 0.3 is 0 Å². The van der Waals surface area contributed by atoms with E-state index in [4.69, 9.17) is 30.8 Å². The molecule has 1 aromatic heterocycles. The number of ether oxygens (including phenoxy) is 3. The van der Waals surface area contributed by atoms with E-state index in [-0.39, 0.29) is 16.9 Å². The van der Waals surface area contributed by atoms with Crippen molar-refractivity contribution in [2.75, 3.05) is 20.3 Å². The van der Waals surface area contributed by atoms with E-state index in [0.717, 1.165) is 22.4 Å². The summed E-state index contributed by atoms with van der Waals surface area (Å²) >= 11 is 10.4. The van der Waals surface area contributed by atoms with Gasteiger partial charge in [0.1, 0.15) is 10.8 Å². The maximum Gasteiger partial charge on any atom is 0.282 e. The van der Waals surface area contributed by atoms with Gasteiger partial charge in [-0.1, -0.05) is 58.4 Å².